The molecule has 0 unspecified atom stereocenters. The van der Waals surface area contributed by atoms with Crippen molar-refractivity contribution >= 4 is 34.5 Å². The Morgan fingerprint density at radius 2 is 1.17 bits per heavy atom. The number of halogens is 4. The topological polar surface area (TPSA) is 225 Å². The number of nitrogens with one attached hydrogen (secondary N) is 2. The van der Waals surface area contributed by atoms with E-state index >= 15 is 0 Å². The van der Waals surface area contributed by atoms with Crippen LogP contribution in [0.5, 0.6) is 34.5 Å². The lowest BCUT2D eigenvalue weighted by Gasteiger charge is -2.50. The molecule has 0 aliphatic carbocycles. The quantitative estimate of drug-likeness (QED) is 0.0812. The first-order valence-electron chi connectivity index (χ1n) is 24.0. The van der Waals surface area contributed by atoms with Crippen molar-refractivity contribution in [1.29, 1.82) is 0 Å². The number of alkyl halides is 4. The van der Waals surface area contributed by atoms with Gasteiger partial charge >= 0.3 is 13.2 Å². The van der Waals surface area contributed by atoms with E-state index in [1.807, 2.05) is 10.9 Å². The molecule has 0 saturated carbocycles. The molecule has 1 saturated heterocycles. The van der Waals surface area contributed by atoms with E-state index in [0.717, 1.165) is 19.6 Å². The Hall–Kier alpha value is -9.72. The van der Waals surface area contributed by atoms with Crippen LogP contribution in [0.1, 0.15) is 41.5 Å². The predicted octanol–water partition coefficient (Wildman–Crippen LogP) is 8.87. The first-order chi connectivity index (χ1) is 37.5. The van der Waals surface area contributed by atoms with Crippen LogP contribution in [0.3, 0.4) is 0 Å². The highest BCUT2D eigenvalue weighted by Crippen LogP contribution is 2.41. The number of pyridine rings is 1. The van der Waals surface area contributed by atoms with Crippen molar-refractivity contribution in [1.82, 2.24) is 68.4 Å². The number of carbonyl (C=O) groups excluding carboxylic acids is 2. The van der Waals surface area contributed by atoms with Crippen molar-refractivity contribution in [2.45, 2.75) is 46.6 Å². The van der Waals surface area contributed by atoms with Gasteiger partial charge < -0.3 is 29.6 Å². The van der Waals surface area contributed by atoms with E-state index in [1.165, 1.54) is 73.4 Å². The van der Waals surface area contributed by atoms with Gasteiger partial charge in [-0.3, -0.25) is 33.5 Å². The summed E-state index contributed by atoms with van der Waals surface area (Å²) in [5.41, 5.74) is 2.68. The highest BCUT2D eigenvalue weighted by Gasteiger charge is 2.40. The number of anilines is 2. The summed E-state index contributed by atoms with van der Waals surface area (Å²) in [6.45, 7) is 3.20. The summed E-state index contributed by atoms with van der Waals surface area (Å²) < 4.78 is 82.1. The maximum absolute atomic E-state index is 13.4. The van der Waals surface area contributed by atoms with Crippen molar-refractivity contribution in [3.63, 3.8) is 0 Å². The zero-order valence-corrected chi connectivity index (χ0v) is 42.3. The van der Waals surface area contributed by atoms with Gasteiger partial charge in [-0.2, -0.15) is 43.1 Å². The van der Waals surface area contributed by atoms with Crippen LogP contribution in [-0.4, -0.2) is 113 Å². The molecule has 78 heavy (non-hydrogen) atoms. The van der Waals surface area contributed by atoms with E-state index in [0.29, 0.717) is 40.3 Å². The number of ether oxygens (including phenoxy) is 4. The molecule has 26 heteroatoms. The summed E-state index contributed by atoms with van der Waals surface area (Å²) >= 11 is 0. The molecule has 8 aromatic heterocycles. The number of nitrogens with zero attached hydrogens (tertiary/aromatic N) is 14. The van der Waals surface area contributed by atoms with Crippen LogP contribution in [0.25, 0.3) is 33.8 Å². The third-order valence-corrected chi connectivity index (χ3v) is 12.2. The van der Waals surface area contributed by atoms with Crippen molar-refractivity contribution in [2.24, 2.45) is 19.5 Å². The lowest BCUT2D eigenvalue weighted by Crippen LogP contribution is -2.58. The van der Waals surface area contributed by atoms with Crippen molar-refractivity contribution in [3.8, 4) is 57.0 Å². The number of hydrogen-bond acceptors (Lipinski definition) is 15. The summed E-state index contributed by atoms with van der Waals surface area (Å²) in [5.74, 6) is 0.394. The first kappa shape index (κ1) is 51.8. The molecule has 1 aliphatic rings. The molecule has 1 fully saturated rings. The average molecular weight is 1070 g/mol. The fourth-order valence-electron chi connectivity index (χ4n) is 8.78. The Kier molecular flexibility index (Phi) is 14.5. The molecule has 0 radical (unpaired) electrons. The van der Waals surface area contributed by atoms with Crippen LogP contribution in [0, 0.1) is 5.41 Å². The number of aromatic nitrogens is 13. The van der Waals surface area contributed by atoms with Crippen LogP contribution in [0.4, 0.5) is 28.9 Å². The van der Waals surface area contributed by atoms with Crippen LogP contribution in [0.2, 0.25) is 0 Å². The third-order valence-electron chi connectivity index (χ3n) is 12.2. The fourth-order valence-corrected chi connectivity index (χ4v) is 8.78. The fraction of sp³-hybridized carbons (Fsp3) is 0.231. The van der Waals surface area contributed by atoms with Gasteiger partial charge in [0, 0.05) is 88.6 Å². The molecule has 0 atom stereocenters. The number of hydrogen-bond donors (Lipinski definition) is 2. The Bertz CT molecular complexity index is 3760. The van der Waals surface area contributed by atoms with E-state index in [4.69, 9.17) is 18.9 Å². The van der Waals surface area contributed by atoms with Gasteiger partial charge in [-0.15, -0.1) is 0 Å². The van der Waals surface area contributed by atoms with Gasteiger partial charge in [0.15, 0.2) is 17.0 Å². The highest BCUT2D eigenvalue weighted by molar-refractivity contribution is 6.10. The van der Waals surface area contributed by atoms with Gasteiger partial charge in [0.2, 0.25) is 0 Å². The SMILES string of the molecule is CC(C)N1CC(C)(Cn2cc(Oc3ccc(OC(F)F)c(-c4nn(C)cc4NC(=O)c4cnn5cccnc45)c3)cn2)C1.Cn1cc(NC(=O)c2cnn3cccnc23)c(-c2cc(Oc3cccnc3)ccc2OC(F)F)n1. The lowest BCUT2D eigenvalue weighted by atomic mass is 9.81. The Morgan fingerprint density at radius 3 is 1.65 bits per heavy atom. The number of benzene rings is 2. The summed E-state index contributed by atoms with van der Waals surface area (Å²) in [6, 6.07) is 16.1. The number of aryl methyl sites for hydroxylation is 2. The molecule has 0 spiro atoms. The monoisotopic (exact) mass is 1070 g/mol. The minimum atomic E-state index is -3.07. The molecule has 1 aliphatic heterocycles. The summed E-state index contributed by atoms with van der Waals surface area (Å²) in [6.07, 6.45) is 18.9. The van der Waals surface area contributed by atoms with Crippen molar-refractivity contribution < 1.29 is 46.1 Å². The molecule has 2 amide bonds. The molecule has 2 aromatic carbocycles. The number of fused-ring (bicyclic) bond motifs is 2. The standard InChI is InChI=1S/C29H31F2N9O3.C23H17F2N7O3/c1-18(2)38-15-29(3,16-38)17-39-13-20(11-33-39)42-19-6-7-24(43-28(30)31)21(10-19)25-23(14-37(4)36-25)35-27(41)22-12-34-40-9-5-8-32-26(22)40;1-31-13-18(29-22(33)17-12-28-32-9-3-8-27-21(17)32)20(30-31)16-10-14(5-6-19(16)35-23(24)25)34-15-4-2-7-26-11-15/h5-14,18,28H,15-17H2,1-4H3,(H,35,41);2-13,23H,1H3,(H,29,33). The van der Waals surface area contributed by atoms with Gasteiger partial charge in [-0.25, -0.2) is 19.0 Å². The van der Waals surface area contributed by atoms with Crippen LogP contribution < -0.4 is 29.6 Å². The molecule has 11 rings (SSSR count). The molecular formula is C52H48F4N16O6. The van der Waals surface area contributed by atoms with Gasteiger partial charge in [0.25, 0.3) is 11.8 Å². The third kappa shape index (κ3) is 11.6. The smallest absolute Gasteiger partial charge is 0.387 e. The zero-order chi connectivity index (χ0) is 54.7. The highest BCUT2D eigenvalue weighted by atomic mass is 19.3. The molecule has 10 aromatic rings. The maximum Gasteiger partial charge on any atom is 0.387 e. The van der Waals surface area contributed by atoms with Gasteiger partial charge in [-0.05, 0) is 74.5 Å². The Morgan fingerprint density at radius 1 is 0.641 bits per heavy atom. The summed E-state index contributed by atoms with van der Waals surface area (Å²) in [7, 11) is 3.29. The average Bonchev–Trinajstić information content (AvgIpc) is 4.30. The van der Waals surface area contributed by atoms with Crippen LogP contribution in [0.15, 0.2) is 135 Å². The normalized spacial score (nSPS) is 13.1. The number of carbonyl (C=O) groups is 2. The molecule has 0 bridgehead atoms. The second kappa shape index (κ2) is 21.9. The van der Waals surface area contributed by atoms with E-state index in [-0.39, 0.29) is 61.9 Å². The van der Waals surface area contributed by atoms with Crippen LogP contribution in [-0.2, 0) is 20.6 Å². The minimum absolute atomic E-state index is 0.119. The molecule has 9 heterocycles. The van der Waals surface area contributed by atoms with Crippen LogP contribution >= 0.6 is 0 Å². The molecule has 22 nitrogen and oxygen atoms in total. The minimum Gasteiger partial charge on any atom is -0.456 e. The maximum atomic E-state index is 13.4. The first-order valence-corrected chi connectivity index (χ1v) is 24.0. The molecular weight excluding hydrogens is 1020 g/mol. The van der Waals surface area contributed by atoms with Crippen molar-refractivity contribution in [3.05, 3.63) is 146 Å². The number of likely N-dealkylation sites (tertiary alicyclic amines) is 1. The van der Waals surface area contributed by atoms with E-state index in [2.05, 4.69) is 76.8 Å². The van der Waals surface area contributed by atoms with E-state index in [9.17, 15) is 27.2 Å². The number of rotatable bonds is 17. The molecule has 400 valence electrons. The molecule has 2 N–H and O–H groups in total. The Balaban J connectivity index is 0.000000180. The van der Waals surface area contributed by atoms with E-state index in [1.54, 1.807) is 87.9 Å². The number of amides is 2. The zero-order valence-electron chi connectivity index (χ0n) is 42.3. The largest absolute Gasteiger partial charge is 0.456 e. The summed E-state index contributed by atoms with van der Waals surface area (Å²) in [4.78, 5) is 41.0. The second-order valence-corrected chi connectivity index (χ2v) is 18.6. The van der Waals surface area contributed by atoms with Gasteiger partial charge in [0.1, 0.15) is 51.3 Å². The lowest BCUT2D eigenvalue weighted by molar-refractivity contribution is -0.0501. The second-order valence-electron chi connectivity index (χ2n) is 18.6. The van der Waals surface area contributed by atoms with Gasteiger partial charge in [0.05, 0.1) is 53.5 Å². The van der Waals surface area contributed by atoms with Crippen molar-refractivity contribution in [2.75, 3.05) is 23.7 Å². The Labute approximate surface area is 440 Å². The summed E-state index contributed by atoms with van der Waals surface area (Å²) in [5, 5.41) is 27.1. The predicted molar refractivity (Wildman–Crippen MR) is 274 cm³/mol. The van der Waals surface area contributed by atoms with E-state index < -0.39 is 25.0 Å². The van der Waals surface area contributed by atoms with Gasteiger partial charge in [-0.1, -0.05) is 6.92 Å².